The van der Waals surface area contributed by atoms with Gasteiger partial charge in [0.05, 0.1) is 11.9 Å². The first-order chi connectivity index (χ1) is 11.2. The van der Waals surface area contributed by atoms with E-state index in [-0.39, 0.29) is 11.0 Å². The number of benzene rings is 1. The van der Waals surface area contributed by atoms with Gasteiger partial charge in [-0.2, -0.15) is 4.98 Å². The molecular weight excluding hydrogens is 312 g/mol. The molecule has 0 spiro atoms. The van der Waals surface area contributed by atoms with Gasteiger partial charge in [-0.3, -0.25) is 4.79 Å². The minimum absolute atomic E-state index is 0.0323. The van der Waals surface area contributed by atoms with Crippen molar-refractivity contribution >= 4 is 23.3 Å². The van der Waals surface area contributed by atoms with Crippen LogP contribution in [0.1, 0.15) is 24.2 Å². The van der Waals surface area contributed by atoms with Crippen molar-refractivity contribution in [1.29, 1.82) is 0 Å². The highest BCUT2D eigenvalue weighted by Gasteiger charge is 2.19. The number of aromatic nitrogens is 4. The first kappa shape index (κ1) is 15.5. The Morgan fingerprint density at radius 1 is 1.35 bits per heavy atom. The maximum Gasteiger partial charge on any atom is 0.253 e. The molecule has 1 atom stereocenters. The highest BCUT2D eigenvalue weighted by molar-refractivity contribution is 8.00. The molecule has 0 saturated carbocycles. The summed E-state index contributed by atoms with van der Waals surface area (Å²) < 4.78 is 6.98. The molecule has 0 saturated heterocycles. The summed E-state index contributed by atoms with van der Waals surface area (Å²) in [4.78, 5) is 20.9. The molecule has 0 amide bonds. The lowest BCUT2D eigenvalue weighted by Gasteiger charge is -2.08. The summed E-state index contributed by atoms with van der Waals surface area (Å²) in [5.41, 5.74) is 0.648. The van der Waals surface area contributed by atoms with Crippen LogP contribution in [-0.2, 0) is 0 Å². The first-order valence-corrected chi connectivity index (χ1v) is 8.16. The summed E-state index contributed by atoms with van der Waals surface area (Å²) in [7, 11) is 0. The monoisotopic (exact) mass is 328 g/mol. The Bertz CT molecular complexity index is 783. The molecule has 2 aromatic heterocycles. The van der Waals surface area contributed by atoms with Gasteiger partial charge in [0, 0.05) is 18.0 Å². The van der Waals surface area contributed by atoms with Crippen molar-refractivity contribution < 1.29 is 9.53 Å². The number of carbonyl (C=O) groups excluding carboxylic acids is 1. The van der Waals surface area contributed by atoms with E-state index in [9.17, 15) is 4.79 Å². The van der Waals surface area contributed by atoms with Crippen LogP contribution in [0.15, 0.2) is 47.9 Å². The van der Waals surface area contributed by atoms with Crippen molar-refractivity contribution in [2.75, 3.05) is 6.61 Å². The summed E-state index contributed by atoms with van der Waals surface area (Å²) in [6.45, 7) is 4.38. The fourth-order valence-corrected chi connectivity index (χ4v) is 2.92. The molecule has 118 valence electrons. The van der Waals surface area contributed by atoms with Crippen LogP contribution in [0.2, 0.25) is 0 Å². The molecular formula is C16H16N4O2S. The maximum atomic E-state index is 12.5. The zero-order chi connectivity index (χ0) is 16.2. The fraction of sp³-hybridized carbons (Fsp3) is 0.250. The minimum Gasteiger partial charge on any atom is -0.494 e. The molecule has 1 aromatic carbocycles. The number of rotatable bonds is 6. The molecule has 0 unspecified atom stereocenters. The number of Topliss-reactive ketones (excluding diaryl/α,β-unsaturated/α-hetero) is 1. The van der Waals surface area contributed by atoms with Crippen LogP contribution in [0.25, 0.3) is 5.78 Å². The van der Waals surface area contributed by atoms with Crippen molar-refractivity contribution in [1.82, 2.24) is 19.6 Å². The topological polar surface area (TPSA) is 69.4 Å². The number of fused-ring (bicyclic) bond motifs is 1. The number of nitrogens with zero attached hydrogens (tertiary/aromatic N) is 4. The van der Waals surface area contributed by atoms with E-state index in [0.29, 0.717) is 23.1 Å². The van der Waals surface area contributed by atoms with E-state index in [4.69, 9.17) is 4.74 Å². The van der Waals surface area contributed by atoms with Crippen LogP contribution in [0, 0.1) is 0 Å². The summed E-state index contributed by atoms with van der Waals surface area (Å²) in [6, 6.07) is 8.96. The van der Waals surface area contributed by atoms with Gasteiger partial charge in [0.25, 0.3) is 5.78 Å². The van der Waals surface area contributed by atoms with Gasteiger partial charge in [-0.1, -0.05) is 11.8 Å². The van der Waals surface area contributed by atoms with Crippen LogP contribution in [-0.4, -0.2) is 37.2 Å². The van der Waals surface area contributed by atoms with Gasteiger partial charge >= 0.3 is 0 Å². The van der Waals surface area contributed by atoms with E-state index >= 15 is 0 Å². The van der Waals surface area contributed by atoms with E-state index in [0.717, 1.165) is 5.75 Å². The Hall–Kier alpha value is -2.41. The smallest absolute Gasteiger partial charge is 0.253 e. The highest BCUT2D eigenvalue weighted by atomic mass is 32.2. The first-order valence-electron chi connectivity index (χ1n) is 7.28. The molecule has 0 aliphatic rings. The molecule has 0 fully saturated rings. The molecule has 0 radical (unpaired) electrons. The fourth-order valence-electron chi connectivity index (χ4n) is 2.09. The van der Waals surface area contributed by atoms with Crippen LogP contribution < -0.4 is 4.74 Å². The van der Waals surface area contributed by atoms with E-state index < -0.39 is 0 Å². The van der Waals surface area contributed by atoms with E-state index in [1.165, 1.54) is 11.8 Å². The molecule has 0 aliphatic heterocycles. The SMILES string of the molecule is CCOc1ccc(C(=O)[C@H](C)Sc2nc3ncccn3n2)cc1. The Balaban J connectivity index is 1.71. The Labute approximate surface area is 137 Å². The predicted molar refractivity (Wildman–Crippen MR) is 88.0 cm³/mol. The molecule has 0 aliphatic carbocycles. The van der Waals surface area contributed by atoms with Crippen molar-refractivity contribution in [2.45, 2.75) is 24.3 Å². The molecule has 2 heterocycles. The lowest BCUT2D eigenvalue weighted by Crippen LogP contribution is -2.13. The number of ketones is 1. The molecule has 7 heteroatoms. The average Bonchev–Trinajstić information content (AvgIpc) is 2.97. The molecule has 0 N–H and O–H groups in total. The maximum absolute atomic E-state index is 12.5. The third-order valence-electron chi connectivity index (χ3n) is 3.20. The molecule has 23 heavy (non-hydrogen) atoms. The lowest BCUT2D eigenvalue weighted by atomic mass is 10.1. The molecule has 3 rings (SSSR count). The van der Waals surface area contributed by atoms with Gasteiger partial charge in [-0.15, -0.1) is 5.10 Å². The third-order valence-corrected chi connectivity index (χ3v) is 4.15. The normalized spacial score (nSPS) is 12.3. The summed E-state index contributed by atoms with van der Waals surface area (Å²) >= 11 is 1.32. The number of ether oxygens (including phenoxy) is 1. The van der Waals surface area contributed by atoms with Crippen LogP contribution in [0.4, 0.5) is 0 Å². The van der Waals surface area contributed by atoms with Crippen molar-refractivity contribution in [3.63, 3.8) is 0 Å². The van der Waals surface area contributed by atoms with Crippen molar-refractivity contribution in [3.05, 3.63) is 48.3 Å². The average molecular weight is 328 g/mol. The second kappa shape index (κ2) is 6.78. The summed E-state index contributed by atoms with van der Waals surface area (Å²) in [5, 5.41) is 4.55. The van der Waals surface area contributed by atoms with Gasteiger partial charge < -0.3 is 4.74 Å². The van der Waals surface area contributed by atoms with E-state index in [2.05, 4.69) is 15.1 Å². The van der Waals surface area contributed by atoms with Crippen molar-refractivity contribution in [2.24, 2.45) is 0 Å². The van der Waals surface area contributed by atoms with Gasteiger partial charge in [-0.05, 0) is 44.2 Å². The predicted octanol–water partition coefficient (Wildman–Crippen LogP) is 2.89. The molecule has 6 nitrogen and oxygen atoms in total. The van der Waals surface area contributed by atoms with Crippen LogP contribution in [0.3, 0.4) is 0 Å². The molecule has 3 aromatic rings. The summed E-state index contributed by atoms with van der Waals surface area (Å²) in [5.74, 6) is 1.32. The highest BCUT2D eigenvalue weighted by Crippen LogP contribution is 2.24. The number of thioether (sulfide) groups is 1. The number of hydrogen-bond acceptors (Lipinski definition) is 6. The zero-order valence-electron chi connectivity index (χ0n) is 12.8. The van der Waals surface area contributed by atoms with E-state index in [1.54, 1.807) is 47.2 Å². The largest absolute Gasteiger partial charge is 0.494 e. The Morgan fingerprint density at radius 3 is 2.83 bits per heavy atom. The van der Waals surface area contributed by atoms with Gasteiger partial charge in [0.15, 0.2) is 5.78 Å². The quantitative estimate of drug-likeness (QED) is 0.512. The van der Waals surface area contributed by atoms with Gasteiger partial charge in [0.1, 0.15) is 5.75 Å². The van der Waals surface area contributed by atoms with Crippen LogP contribution in [0.5, 0.6) is 5.75 Å². The standard InChI is InChI=1S/C16H16N4O2S/c1-3-22-13-7-5-12(6-8-13)14(21)11(2)23-16-18-15-17-9-4-10-20(15)19-16/h4-11H,3H2,1-2H3/t11-/m0/s1. The van der Waals surface area contributed by atoms with Crippen molar-refractivity contribution in [3.8, 4) is 5.75 Å². The third kappa shape index (κ3) is 3.50. The Morgan fingerprint density at radius 2 is 2.13 bits per heavy atom. The lowest BCUT2D eigenvalue weighted by molar-refractivity contribution is 0.0994. The second-order valence-electron chi connectivity index (χ2n) is 4.84. The van der Waals surface area contributed by atoms with Crippen LogP contribution >= 0.6 is 11.8 Å². The van der Waals surface area contributed by atoms with Gasteiger partial charge in [-0.25, -0.2) is 9.50 Å². The number of hydrogen-bond donors (Lipinski definition) is 0. The van der Waals surface area contributed by atoms with E-state index in [1.807, 2.05) is 13.8 Å². The number of carbonyl (C=O) groups is 1. The van der Waals surface area contributed by atoms with Gasteiger partial charge in [0.2, 0.25) is 5.16 Å². The Kier molecular flexibility index (Phi) is 4.57. The molecule has 0 bridgehead atoms. The minimum atomic E-state index is -0.287. The second-order valence-corrected chi connectivity index (χ2v) is 6.15. The summed E-state index contributed by atoms with van der Waals surface area (Å²) in [6.07, 6.45) is 3.44. The zero-order valence-corrected chi connectivity index (χ0v) is 13.7.